The average molecular weight is 469 g/mol. The molecule has 0 aromatic heterocycles. The standard InChI is InChI=1S/C25H28N2O7/c1-3-15(12-22(28)27-21(24(30)31)13-23(29)33-2)26-25(32)34-14-20-18-10-6-4-8-16(18)17-9-5-7-11-19(17)20/h4-11,15,20-21H,3,12-14H2,1-2H3,(H,26,32)(H,27,28)(H,30,31)/t15?,21-/m1/s1. The first-order valence-electron chi connectivity index (χ1n) is 11.0. The third kappa shape index (κ3) is 5.92. The Balaban J connectivity index is 1.55. The predicted molar refractivity (Wildman–Crippen MR) is 123 cm³/mol. The van der Waals surface area contributed by atoms with Crippen LogP contribution in [0, 0.1) is 0 Å². The molecule has 0 bridgehead atoms. The van der Waals surface area contributed by atoms with Gasteiger partial charge in [-0.1, -0.05) is 55.5 Å². The number of carboxylic acid groups (broad SMARTS) is 1. The van der Waals surface area contributed by atoms with Crippen molar-refractivity contribution in [1.29, 1.82) is 0 Å². The summed E-state index contributed by atoms with van der Waals surface area (Å²) < 4.78 is 9.96. The smallest absolute Gasteiger partial charge is 0.407 e. The number of methoxy groups -OCH3 is 1. The zero-order chi connectivity index (χ0) is 24.7. The predicted octanol–water partition coefficient (Wildman–Crippen LogP) is 2.83. The molecule has 9 nitrogen and oxygen atoms in total. The van der Waals surface area contributed by atoms with E-state index in [-0.39, 0.29) is 18.9 Å². The van der Waals surface area contributed by atoms with E-state index in [2.05, 4.69) is 15.4 Å². The van der Waals surface area contributed by atoms with Crippen molar-refractivity contribution in [3.05, 3.63) is 59.7 Å². The van der Waals surface area contributed by atoms with E-state index in [0.29, 0.717) is 6.42 Å². The zero-order valence-electron chi connectivity index (χ0n) is 19.1. The molecular weight excluding hydrogens is 440 g/mol. The van der Waals surface area contributed by atoms with Crippen LogP contribution in [0.5, 0.6) is 0 Å². The molecule has 34 heavy (non-hydrogen) atoms. The van der Waals surface area contributed by atoms with Crippen molar-refractivity contribution in [1.82, 2.24) is 10.6 Å². The molecule has 0 fully saturated rings. The summed E-state index contributed by atoms with van der Waals surface area (Å²) in [5.74, 6) is -2.80. The third-order valence-corrected chi connectivity index (χ3v) is 5.82. The van der Waals surface area contributed by atoms with Crippen molar-refractivity contribution >= 4 is 23.9 Å². The van der Waals surface area contributed by atoms with Gasteiger partial charge in [0.25, 0.3) is 0 Å². The maximum absolute atomic E-state index is 12.5. The quantitative estimate of drug-likeness (QED) is 0.457. The second-order valence-electron chi connectivity index (χ2n) is 8.02. The van der Waals surface area contributed by atoms with Crippen LogP contribution in [-0.2, 0) is 23.9 Å². The summed E-state index contributed by atoms with van der Waals surface area (Å²) in [6, 6.07) is 14.0. The van der Waals surface area contributed by atoms with Crippen LogP contribution in [0.25, 0.3) is 11.1 Å². The number of carbonyl (C=O) groups is 4. The van der Waals surface area contributed by atoms with Gasteiger partial charge in [-0.2, -0.15) is 0 Å². The van der Waals surface area contributed by atoms with Crippen molar-refractivity contribution in [3.8, 4) is 11.1 Å². The van der Waals surface area contributed by atoms with E-state index < -0.39 is 42.4 Å². The monoisotopic (exact) mass is 468 g/mol. The summed E-state index contributed by atoms with van der Waals surface area (Å²) in [6.07, 6.45) is -0.891. The highest BCUT2D eigenvalue weighted by Gasteiger charge is 2.29. The lowest BCUT2D eigenvalue weighted by molar-refractivity contribution is -0.148. The fourth-order valence-electron chi connectivity index (χ4n) is 4.03. The molecule has 0 saturated heterocycles. The van der Waals surface area contributed by atoms with E-state index in [1.54, 1.807) is 6.92 Å². The molecule has 2 amide bonds. The SMILES string of the molecule is CCC(CC(=O)N[C@H](CC(=O)OC)C(=O)O)NC(=O)OCC1c2ccccc2-c2ccccc21. The van der Waals surface area contributed by atoms with Gasteiger partial charge in [0.15, 0.2) is 0 Å². The molecule has 1 aliphatic carbocycles. The number of fused-ring (bicyclic) bond motifs is 3. The number of ether oxygens (including phenoxy) is 2. The molecule has 3 N–H and O–H groups in total. The third-order valence-electron chi connectivity index (χ3n) is 5.82. The van der Waals surface area contributed by atoms with Crippen LogP contribution < -0.4 is 10.6 Å². The molecule has 0 aliphatic heterocycles. The van der Waals surface area contributed by atoms with Crippen LogP contribution in [-0.4, -0.2) is 54.8 Å². The molecule has 2 aromatic rings. The van der Waals surface area contributed by atoms with E-state index in [4.69, 9.17) is 4.74 Å². The van der Waals surface area contributed by atoms with Crippen LogP contribution >= 0.6 is 0 Å². The summed E-state index contributed by atoms with van der Waals surface area (Å²) >= 11 is 0. The van der Waals surface area contributed by atoms with Gasteiger partial charge in [0, 0.05) is 18.4 Å². The number of amides is 2. The maximum atomic E-state index is 12.5. The Morgan fingerprint density at radius 2 is 1.53 bits per heavy atom. The molecule has 0 radical (unpaired) electrons. The van der Waals surface area contributed by atoms with Crippen molar-refractivity contribution in [2.24, 2.45) is 0 Å². The zero-order valence-corrected chi connectivity index (χ0v) is 19.1. The number of aliphatic carboxylic acids is 1. The Morgan fingerprint density at radius 3 is 2.06 bits per heavy atom. The molecule has 0 heterocycles. The van der Waals surface area contributed by atoms with E-state index >= 15 is 0 Å². The number of esters is 1. The fourth-order valence-corrected chi connectivity index (χ4v) is 4.03. The average Bonchev–Trinajstić information content (AvgIpc) is 3.15. The fraction of sp³-hybridized carbons (Fsp3) is 0.360. The number of alkyl carbamates (subject to hydrolysis) is 1. The van der Waals surface area contributed by atoms with Crippen LogP contribution in [0.2, 0.25) is 0 Å². The molecule has 1 aliphatic rings. The summed E-state index contributed by atoms with van der Waals surface area (Å²) in [5, 5.41) is 14.2. The first-order valence-corrected chi connectivity index (χ1v) is 11.0. The first-order chi connectivity index (χ1) is 16.3. The van der Waals surface area contributed by atoms with Gasteiger partial charge in [-0.25, -0.2) is 9.59 Å². The summed E-state index contributed by atoms with van der Waals surface area (Å²) in [4.78, 5) is 47.4. The molecular formula is C25H28N2O7. The van der Waals surface area contributed by atoms with Crippen LogP contribution in [0.3, 0.4) is 0 Å². The maximum Gasteiger partial charge on any atom is 0.407 e. The van der Waals surface area contributed by atoms with Gasteiger partial charge in [0.05, 0.1) is 13.5 Å². The molecule has 2 atom stereocenters. The van der Waals surface area contributed by atoms with Gasteiger partial charge >= 0.3 is 18.0 Å². The van der Waals surface area contributed by atoms with Crippen LogP contribution in [0.15, 0.2) is 48.5 Å². The first kappa shape index (κ1) is 24.8. The van der Waals surface area contributed by atoms with E-state index in [1.165, 1.54) is 0 Å². The Labute approximate surface area is 197 Å². The van der Waals surface area contributed by atoms with Gasteiger partial charge in [-0.15, -0.1) is 0 Å². The van der Waals surface area contributed by atoms with E-state index in [0.717, 1.165) is 29.4 Å². The summed E-state index contributed by atoms with van der Waals surface area (Å²) in [7, 11) is 1.13. The number of carbonyl (C=O) groups excluding carboxylic acids is 3. The second-order valence-corrected chi connectivity index (χ2v) is 8.02. The van der Waals surface area contributed by atoms with Crippen LogP contribution in [0.1, 0.15) is 43.2 Å². The molecule has 1 unspecified atom stereocenters. The second kappa shape index (κ2) is 11.3. The normalized spacial score (nSPS) is 13.7. The Hall–Kier alpha value is -3.88. The highest BCUT2D eigenvalue weighted by molar-refractivity contribution is 5.87. The van der Waals surface area contributed by atoms with Crippen molar-refractivity contribution in [3.63, 3.8) is 0 Å². The minimum absolute atomic E-state index is 0.0869. The minimum atomic E-state index is -1.41. The summed E-state index contributed by atoms with van der Waals surface area (Å²) in [6.45, 7) is 1.92. The largest absolute Gasteiger partial charge is 0.480 e. The molecule has 0 spiro atoms. The Kier molecular flexibility index (Phi) is 8.24. The molecule has 0 saturated carbocycles. The number of benzene rings is 2. The molecule has 9 heteroatoms. The number of hydrogen-bond donors (Lipinski definition) is 3. The van der Waals surface area contributed by atoms with Gasteiger partial charge in [0.2, 0.25) is 5.91 Å². The summed E-state index contributed by atoms with van der Waals surface area (Å²) in [5.41, 5.74) is 4.42. The highest BCUT2D eigenvalue weighted by atomic mass is 16.5. The lowest BCUT2D eigenvalue weighted by Gasteiger charge is -2.20. The minimum Gasteiger partial charge on any atom is -0.480 e. The number of rotatable bonds is 10. The van der Waals surface area contributed by atoms with E-state index in [9.17, 15) is 24.3 Å². The van der Waals surface area contributed by atoms with E-state index in [1.807, 2.05) is 48.5 Å². The lowest BCUT2D eigenvalue weighted by Crippen LogP contribution is -2.45. The Morgan fingerprint density at radius 1 is 0.941 bits per heavy atom. The van der Waals surface area contributed by atoms with Gasteiger partial charge in [-0.3, -0.25) is 9.59 Å². The molecule has 3 rings (SSSR count). The van der Waals surface area contributed by atoms with Crippen molar-refractivity contribution in [2.75, 3.05) is 13.7 Å². The molecule has 180 valence electrons. The number of nitrogens with one attached hydrogen (secondary N) is 2. The Bertz CT molecular complexity index is 1020. The highest BCUT2D eigenvalue weighted by Crippen LogP contribution is 2.44. The van der Waals surface area contributed by atoms with Gasteiger partial charge < -0.3 is 25.2 Å². The van der Waals surface area contributed by atoms with Gasteiger partial charge in [0.1, 0.15) is 12.6 Å². The topological polar surface area (TPSA) is 131 Å². The van der Waals surface area contributed by atoms with Crippen LogP contribution in [0.4, 0.5) is 4.79 Å². The van der Waals surface area contributed by atoms with Gasteiger partial charge in [-0.05, 0) is 28.7 Å². The number of carboxylic acids is 1. The lowest BCUT2D eigenvalue weighted by atomic mass is 9.98. The molecule has 2 aromatic carbocycles. The van der Waals surface area contributed by atoms with Crippen molar-refractivity contribution < 1.29 is 33.8 Å². The van der Waals surface area contributed by atoms with Crippen molar-refractivity contribution in [2.45, 2.75) is 44.2 Å². The number of hydrogen-bond acceptors (Lipinski definition) is 6.